The minimum absolute atomic E-state index is 0.537. The highest BCUT2D eigenvalue weighted by Gasteiger charge is 2.01. The van der Waals surface area contributed by atoms with E-state index in [4.69, 9.17) is 10.5 Å². The van der Waals surface area contributed by atoms with Gasteiger partial charge in [-0.05, 0) is 42.5 Å². The van der Waals surface area contributed by atoms with Crippen molar-refractivity contribution in [2.24, 2.45) is 0 Å². The van der Waals surface area contributed by atoms with Gasteiger partial charge in [-0.15, -0.1) is 0 Å². The molecule has 0 saturated carbocycles. The van der Waals surface area contributed by atoms with Gasteiger partial charge in [-0.3, -0.25) is 4.79 Å². The van der Waals surface area contributed by atoms with Gasteiger partial charge in [-0.25, -0.2) is 0 Å². The van der Waals surface area contributed by atoms with Gasteiger partial charge in [-0.1, -0.05) is 0 Å². The molecule has 92 valence electrons. The average molecular weight is 242 g/mol. The zero-order valence-corrected chi connectivity index (χ0v) is 10.0. The lowest BCUT2D eigenvalue weighted by Gasteiger charge is -2.10. The van der Waals surface area contributed by atoms with E-state index in [9.17, 15) is 4.79 Å². The van der Waals surface area contributed by atoms with Gasteiger partial charge in [0.15, 0.2) is 0 Å². The van der Waals surface area contributed by atoms with Crippen molar-refractivity contribution in [2.45, 2.75) is 0 Å². The monoisotopic (exact) mass is 242 g/mol. The normalized spacial score (nSPS) is 9.83. The Morgan fingerprint density at radius 3 is 2.44 bits per heavy atom. The fourth-order valence-electron chi connectivity index (χ4n) is 1.60. The van der Waals surface area contributed by atoms with Gasteiger partial charge in [0.05, 0.1) is 18.5 Å². The lowest BCUT2D eigenvalue weighted by molar-refractivity contribution is 0.112. The van der Waals surface area contributed by atoms with Gasteiger partial charge in [0, 0.05) is 11.3 Å². The highest BCUT2D eigenvalue weighted by Crippen LogP contribution is 2.25. The van der Waals surface area contributed by atoms with E-state index in [1.165, 1.54) is 0 Å². The van der Waals surface area contributed by atoms with Crippen molar-refractivity contribution in [3.8, 4) is 5.75 Å². The van der Waals surface area contributed by atoms with Gasteiger partial charge in [0.25, 0.3) is 0 Å². The van der Waals surface area contributed by atoms with Gasteiger partial charge in [0.2, 0.25) is 0 Å². The van der Waals surface area contributed by atoms with Crippen molar-refractivity contribution in [1.29, 1.82) is 0 Å². The number of aldehydes is 1. The molecule has 0 aliphatic heterocycles. The van der Waals surface area contributed by atoms with Crippen LogP contribution in [0.3, 0.4) is 0 Å². The first-order valence-corrected chi connectivity index (χ1v) is 5.48. The molecule has 2 aromatic rings. The maximum Gasteiger partial charge on any atom is 0.150 e. The number of nitrogen functional groups attached to an aromatic ring is 1. The number of hydrogen-bond acceptors (Lipinski definition) is 4. The Morgan fingerprint density at radius 1 is 1.17 bits per heavy atom. The number of hydrogen-bond donors (Lipinski definition) is 2. The number of anilines is 3. The van der Waals surface area contributed by atoms with Crippen LogP contribution in [0.4, 0.5) is 17.1 Å². The van der Waals surface area contributed by atoms with Crippen LogP contribution in [0.2, 0.25) is 0 Å². The standard InChI is InChI=1S/C14H14N2O2/c1-18-12-5-3-11(4-6-12)16-14-7-2-10(9-17)8-13(14)15/h2-9,16H,15H2,1H3. The average Bonchev–Trinajstić information content (AvgIpc) is 2.42. The number of carbonyl (C=O) groups excluding carboxylic acids is 1. The molecule has 0 aliphatic rings. The summed E-state index contributed by atoms with van der Waals surface area (Å²) in [5, 5.41) is 3.18. The number of methoxy groups -OCH3 is 1. The van der Waals surface area contributed by atoms with Crippen molar-refractivity contribution in [1.82, 2.24) is 0 Å². The molecule has 0 spiro atoms. The Labute approximate surface area is 105 Å². The van der Waals surface area contributed by atoms with E-state index >= 15 is 0 Å². The highest BCUT2D eigenvalue weighted by molar-refractivity contribution is 5.82. The second-order valence-electron chi connectivity index (χ2n) is 3.82. The number of rotatable bonds is 4. The summed E-state index contributed by atoms with van der Waals surface area (Å²) in [6.45, 7) is 0. The summed E-state index contributed by atoms with van der Waals surface area (Å²) in [5.41, 5.74) is 8.63. The Bertz CT molecular complexity index is 550. The summed E-state index contributed by atoms with van der Waals surface area (Å²) in [5.74, 6) is 0.796. The van der Waals surface area contributed by atoms with E-state index in [0.717, 1.165) is 23.4 Å². The van der Waals surface area contributed by atoms with Gasteiger partial charge >= 0.3 is 0 Å². The molecule has 4 heteroatoms. The fourth-order valence-corrected chi connectivity index (χ4v) is 1.60. The third kappa shape index (κ3) is 2.60. The molecule has 0 radical (unpaired) electrons. The first-order chi connectivity index (χ1) is 8.72. The second-order valence-corrected chi connectivity index (χ2v) is 3.82. The molecular formula is C14H14N2O2. The molecule has 0 aliphatic carbocycles. The quantitative estimate of drug-likeness (QED) is 0.639. The minimum Gasteiger partial charge on any atom is -0.497 e. The molecule has 0 heterocycles. The summed E-state index contributed by atoms with van der Waals surface area (Å²) < 4.78 is 5.08. The number of nitrogens with one attached hydrogen (secondary N) is 1. The molecule has 0 aromatic heterocycles. The number of nitrogens with two attached hydrogens (primary N) is 1. The third-order valence-corrected chi connectivity index (χ3v) is 2.58. The predicted molar refractivity (Wildman–Crippen MR) is 72.5 cm³/mol. The van der Waals surface area contributed by atoms with Crippen LogP contribution in [-0.2, 0) is 0 Å². The van der Waals surface area contributed by atoms with Crippen LogP contribution in [0.25, 0.3) is 0 Å². The molecule has 0 atom stereocenters. The summed E-state index contributed by atoms with van der Waals surface area (Å²) >= 11 is 0. The fraction of sp³-hybridized carbons (Fsp3) is 0.0714. The third-order valence-electron chi connectivity index (χ3n) is 2.58. The molecule has 2 rings (SSSR count). The van der Waals surface area contributed by atoms with Gasteiger partial charge < -0.3 is 15.8 Å². The molecule has 0 saturated heterocycles. The lowest BCUT2D eigenvalue weighted by atomic mass is 10.2. The van der Waals surface area contributed by atoms with E-state index in [-0.39, 0.29) is 0 Å². The molecule has 0 bridgehead atoms. The van der Waals surface area contributed by atoms with E-state index in [1.807, 2.05) is 24.3 Å². The van der Waals surface area contributed by atoms with E-state index in [0.29, 0.717) is 11.3 Å². The van der Waals surface area contributed by atoms with E-state index in [2.05, 4.69) is 5.32 Å². The minimum atomic E-state index is 0.537. The maximum atomic E-state index is 10.6. The maximum absolute atomic E-state index is 10.6. The van der Waals surface area contributed by atoms with E-state index in [1.54, 1.807) is 25.3 Å². The molecule has 0 unspecified atom stereocenters. The van der Waals surface area contributed by atoms with Crippen LogP contribution in [0.5, 0.6) is 5.75 Å². The van der Waals surface area contributed by atoms with Crippen LogP contribution in [0.1, 0.15) is 10.4 Å². The molecule has 18 heavy (non-hydrogen) atoms. The van der Waals surface area contributed by atoms with Crippen molar-refractivity contribution in [3.63, 3.8) is 0 Å². The van der Waals surface area contributed by atoms with Crippen molar-refractivity contribution < 1.29 is 9.53 Å². The highest BCUT2D eigenvalue weighted by atomic mass is 16.5. The Kier molecular flexibility index (Phi) is 3.48. The zero-order valence-electron chi connectivity index (χ0n) is 10.0. The molecule has 0 fully saturated rings. The number of ether oxygens (including phenoxy) is 1. The molecular weight excluding hydrogens is 228 g/mol. The van der Waals surface area contributed by atoms with Crippen LogP contribution in [0, 0.1) is 0 Å². The number of carbonyl (C=O) groups is 1. The second kappa shape index (κ2) is 5.23. The van der Waals surface area contributed by atoms with Crippen LogP contribution < -0.4 is 15.8 Å². The zero-order chi connectivity index (χ0) is 13.0. The SMILES string of the molecule is COc1ccc(Nc2ccc(C=O)cc2N)cc1. The molecule has 2 aromatic carbocycles. The van der Waals surface area contributed by atoms with E-state index < -0.39 is 0 Å². The lowest BCUT2D eigenvalue weighted by Crippen LogP contribution is -1.97. The summed E-state index contributed by atoms with van der Waals surface area (Å²) in [6, 6.07) is 12.6. The Hall–Kier alpha value is -2.49. The first-order valence-electron chi connectivity index (χ1n) is 5.48. The van der Waals surface area contributed by atoms with Crippen molar-refractivity contribution >= 4 is 23.3 Å². The molecule has 0 amide bonds. The predicted octanol–water partition coefficient (Wildman–Crippen LogP) is 2.83. The number of benzene rings is 2. The molecule has 3 N–H and O–H groups in total. The van der Waals surface area contributed by atoms with Crippen LogP contribution in [-0.4, -0.2) is 13.4 Å². The summed E-state index contributed by atoms with van der Waals surface area (Å²) in [4.78, 5) is 10.6. The first kappa shape index (κ1) is 12.0. The van der Waals surface area contributed by atoms with Crippen LogP contribution in [0.15, 0.2) is 42.5 Å². The Morgan fingerprint density at radius 2 is 1.89 bits per heavy atom. The summed E-state index contributed by atoms with van der Waals surface area (Å²) in [7, 11) is 1.62. The van der Waals surface area contributed by atoms with Gasteiger partial charge in [-0.2, -0.15) is 0 Å². The largest absolute Gasteiger partial charge is 0.497 e. The van der Waals surface area contributed by atoms with Crippen molar-refractivity contribution in [2.75, 3.05) is 18.2 Å². The Balaban J connectivity index is 2.19. The molecule has 4 nitrogen and oxygen atoms in total. The van der Waals surface area contributed by atoms with Crippen molar-refractivity contribution in [3.05, 3.63) is 48.0 Å². The summed E-state index contributed by atoms with van der Waals surface area (Å²) in [6.07, 6.45) is 0.771. The smallest absolute Gasteiger partial charge is 0.150 e. The van der Waals surface area contributed by atoms with Gasteiger partial charge in [0.1, 0.15) is 12.0 Å². The van der Waals surface area contributed by atoms with Crippen LogP contribution >= 0.6 is 0 Å². The topological polar surface area (TPSA) is 64.3 Å².